The second-order valence-corrected chi connectivity index (χ2v) is 21.4. The molecule has 0 spiro atoms. The van der Waals surface area contributed by atoms with Crippen molar-refractivity contribution < 1.29 is 14.3 Å². The van der Waals surface area contributed by atoms with Crippen molar-refractivity contribution in [3.8, 4) is 11.1 Å². The van der Waals surface area contributed by atoms with Crippen LogP contribution >= 0.6 is 11.6 Å². The van der Waals surface area contributed by atoms with Crippen molar-refractivity contribution >= 4 is 53.7 Å². The zero-order valence-corrected chi connectivity index (χ0v) is 30.2. The zero-order valence-electron chi connectivity index (χ0n) is 28.4. The summed E-state index contributed by atoms with van der Waals surface area (Å²) in [6, 6.07) is 4.96. The minimum Gasteiger partial charge on any atom is -0.444 e. The maximum Gasteiger partial charge on any atom is 0.408 e. The molecule has 1 N–H and O–H groups in total. The van der Waals surface area contributed by atoms with Gasteiger partial charge in [-0.05, 0) is 59.1 Å². The Morgan fingerprint density at radius 1 is 1.15 bits per heavy atom. The molecule has 248 valence electrons. The van der Waals surface area contributed by atoms with Gasteiger partial charge in [0.1, 0.15) is 12.3 Å². The van der Waals surface area contributed by atoms with E-state index in [4.69, 9.17) is 26.1 Å². The summed E-state index contributed by atoms with van der Waals surface area (Å²) in [5.74, 6) is 0.585. The van der Waals surface area contributed by atoms with Crippen LogP contribution in [0.3, 0.4) is 0 Å². The molecule has 1 aromatic carbocycles. The number of aromatic nitrogens is 5. The van der Waals surface area contributed by atoms with Gasteiger partial charge in [0.05, 0.1) is 27.5 Å². The number of halogens is 1. The molecule has 2 aliphatic rings. The molecule has 3 unspecified atom stereocenters. The second-order valence-electron chi connectivity index (χ2n) is 15.4. The third-order valence-electron chi connectivity index (χ3n) is 9.24. The molecule has 46 heavy (non-hydrogen) atoms. The number of nitrogens with zero attached hydrogens (tertiary/aromatic N) is 6. The number of anilines is 1. The molecule has 2 fully saturated rings. The van der Waals surface area contributed by atoms with Gasteiger partial charge in [-0.15, -0.1) is 0 Å². The number of benzene rings is 1. The van der Waals surface area contributed by atoms with Gasteiger partial charge in [-0.1, -0.05) is 37.3 Å². The molecule has 2 aliphatic heterocycles. The lowest BCUT2D eigenvalue weighted by Gasteiger charge is -2.35. The maximum absolute atomic E-state index is 14.4. The molecular formula is C33H46ClN7O4Si. The Kier molecular flexibility index (Phi) is 8.08. The number of ether oxygens (including phenoxy) is 2. The first-order valence-electron chi connectivity index (χ1n) is 16.1. The number of carbonyl (C=O) groups is 1. The molecule has 3 aromatic heterocycles. The van der Waals surface area contributed by atoms with Crippen LogP contribution in [-0.2, 0) is 30.3 Å². The fraction of sp³-hybridized carbons (Fsp3) is 0.576. The van der Waals surface area contributed by atoms with Crippen molar-refractivity contribution in [2.24, 2.45) is 14.1 Å². The Balaban J connectivity index is 1.43. The monoisotopic (exact) mass is 667 g/mol. The number of alkyl carbamates (subject to hydrolysis) is 1. The molecule has 0 radical (unpaired) electrons. The lowest BCUT2D eigenvalue weighted by Crippen LogP contribution is -2.55. The molecule has 5 heterocycles. The summed E-state index contributed by atoms with van der Waals surface area (Å²) in [4.78, 5) is 34.7. The molecule has 0 aliphatic carbocycles. The van der Waals surface area contributed by atoms with Gasteiger partial charge in [0.25, 0.3) is 5.56 Å². The largest absolute Gasteiger partial charge is 0.444 e. The third kappa shape index (κ3) is 5.95. The standard InChI is InChI=1S/C33H46ClN7O4Si/c1-32(2,3)45-31(43)36-33(4)16-20-10-13-25(33)41(20)30-35-28-26(29(42)39(30)6)22(18-40(28)19-44-14-15-46(7,8)9)21-11-12-24-23(27(21)34)17-38(5)37-24/h11-12,17-18,20,25H,10,13-16,19H2,1-9H3,(H,36,43). The average molecular weight is 668 g/mol. The van der Waals surface area contributed by atoms with Gasteiger partial charge in [0.2, 0.25) is 5.95 Å². The number of carbonyl (C=O) groups excluding carboxylic acids is 1. The Hall–Kier alpha value is -3.35. The lowest BCUT2D eigenvalue weighted by atomic mass is 9.83. The van der Waals surface area contributed by atoms with Crippen LogP contribution in [0.5, 0.6) is 0 Å². The van der Waals surface area contributed by atoms with E-state index in [9.17, 15) is 9.59 Å². The van der Waals surface area contributed by atoms with Gasteiger partial charge in [0.15, 0.2) is 5.65 Å². The van der Waals surface area contributed by atoms with Gasteiger partial charge in [-0.25, -0.2) is 4.79 Å². The summed E-state index contributed by atoms with van der Waals surface area (Å²) >= 11 is 6.99. The van der Waals surface area contributed by atoms with E-state index in [1.54, 1.807) is 16.3 Å². The number of hydrogen-bond donors (Lipinski definition) is 1. The van der Waals surface area contributed by atoms with Crippen LogP contribution in [0.25, 0.3) is 33.1 Å². The van der Waals surface area contributed by atoms with E-state index in [1.807, 2.05) is 56.9 Å². The van der Waals surface area contributed by atoms with Gasteiger partial charge < -0.3 is 24.3 Å². The number of fused-ring (bicyclic) bond motifs is 4. The average Bonchev–Trinajstić information content (AvgIpc) is 3.67. The van der Waals surface area contributed by atoms with E-state index in [0.717, 1.165) is 41.8 Å². The summed E-state index contributed by atoms with van der Waals surface area (Å²) in [5.41, 5.74) is 1.50. The number of rotatable bonds is 8. The molecule has 6 rings (SSSR count). The van der Waals surface area contributed by atoms with Crippen molar-refractivity contribution in [2.45, 2.75) is 103 Å². The van der Waals surface area contributed by atoms with Crippen LogP contribution in [-0.4, -0.2) is 67.9 Å². The van der Waals surface area contributed by atoms with E-state index in [-0.39, 0.29) is 24.4 Å². The van der Waals surface area contributed by atoms with Gasteiger partial charge in [-0.3, -0.25) is 14.0 Å². The second kappa shape index (κ2) is 11.4. The highest BCUT2D eigenvalue weighted by Gasteiger charge is 2.55. The zero-order chi connectivity index (χ0) is 33.3. The highest BCUT2D eigenvalue weighted by Crippen LogP contribution is 2.46. The van der Waals surface area contributed by atoms with E-state index < -0.39 is 25.3 Å². The number of nitrogens with one attached hydrogen (secondary N) is 1. The first-order chi connectivity index (χ1) is 21.5. The molecular weight excluding hydrogens is 622 g/mol. The third-order valence-corrected chi connectivity index (χ3v) is 11.4. The topological polar surface area (TPSA) is 108 Å². The SMILES string of the molecule is Cn1cc2c(Cl)c(-c3cn(COCC[Si](C)(C)C)c4nc(N5C6CCC5C(C)(NC(=O)OC(C)(C)C)C6)n(C)c(=O)c34)ccc2n1. The van der Waals surface area contributed by atoms with Crippen LogP contribution in [0.15, 0.2) is 29.3 Å². The van der Waals surface area contributed by atoms with Crippen molar-refractivity contribution in [2.75, 3.05) is 11.5 Å². The van der Waals surface area contributed by atoms with Crippen molar-refractivity contribution in [1.82, 2.24) is 29.2 Å². The van der Waals surface area contributed by atoms with Crippen LogP contribution in [0.1, 0.15) is 47.0 Å². The summed E-state index contributed by atoms with van der Waals surface area (Å²) in [6.45, 7) is 15.5. The molecule has 4 aromatic rings. The first kappa shape index (κ1) is 32.6. The normalized spacial score (nSPS) is 21.6. The number of aryl methyl sites for hydroxylation is 1. The van der Waals surface area contributed by atoms with Crippen LogP contribution in [0.2, 0.25) is 30.7 Å². The predicted molar refractivity (Wildman–Crippen MR) is 185 cm³/mol. The van der Waals surface area contributed by atoms with Crippen LogP contribution < -0.4 is 15.8 Å². The molecule has 2 saturated heterocycles. The summed E-state index contributed by atoms with van der Waals surface area (Å²) in [5, 5.41) is 9.50. The summed E-state index contributed by atoms with van der Waals surface area (Å²) in [6.07, 6.45) is 5.95. The van der Waals surface area contributed by atoms with Crippen molar-refractivity contribution in [3.63, 3.8) is 0 Å². The highest BCUT2D eigenvalue weighted by atomic mass is 35.5. The van der Waals surface area contributed by atoms with E-state index >= 15 is 0 Å². The minimum atomic E-state index is -1.29. The highest BCUT2D eigenvalue weighted by molar-refractivity contribution is 6.76. The smallest absolute Gasteiger partial charge is 0.408 e. The maximum atomic E-state index is 14.4. The predicted octanol–water partition coefficient (Wildman–Crippen LogP) is 6.28. The molecule has 3 atom stereocenters. The fourth-order valence-corrected chi connectivity index (χ4v) is 8.14. The van der Waals surface area contributed by atoms with Crippen molar-refractivity contribution in [3.05, 3.63) is 39.9 Å². The summed E-state index contributed by atoms with van der Waals surface area (Å²) < 4.78 is 17.1. The molecule has 1 amide bonds. The van der Waals surface area contributed by atoms with Gasteiger partial charge >= 0.3 is 6.09 Å². The van der Waals surface area contributed by atoms with E-state index in [2.05, 4.69) is 41.9 Å². The molecule has 13 heteroatoms. The van der Waals surface area contributed by atoms with E-state index in [0.29, 0.717) is 34.2 Å². The Morgan fingerprint density at radius 3 is 2.59 bits per heavy atom. The fourth-order valence-electron chi connectivity index (χ4n) is 7.07. The van der Waals surface area contributed by atoms with Gasteiger partial charge in [0, 0.05) is 63.7 Å². The van der Waals surface area contributed by atoms with Gasteiger partial charge in [-0.2, -0.15) is 10.1 Å². The van der Waals surface area contributed by atoms with Crippen LogP contribution in [0, 0.1) is 0 Å². The summed E-state index contributed by atoms with van der Waals surface area (Å²) in [7, 11) is 2.34. The molecule has 2 bridgehead atoms. The quantitative estimate of drug-likeness (QED) is 0.174. The first-order valence-corrected chi connectivity index (χ1v) is 20.1. The van der Waals surface area contributed by atoms with E-state index in [1.165, 1.54) is 0 Å². The molecule has 0 saturated carbocycles. The number of hydrogen-bond acceptors (Lipinski definition) is 7. The lowest BCUT2D eigenvalue weighted by molar-refractivity contribution is 0.0449. The Morgan fingerprint density at radius 2 is 1.89 bits per heavy atom. The number of amides is 1. The van der Waals surface area contributed by atoms with Crippen LogP contribution in [0.4, 0.5) is 10.7 Å². The minimum absolute atomic E-state index is 0.0427. The Bertz CT molecular complexity index is 1890. The molecule has 11 nitrogen and oxygen atoms in total. The van der Waals surface area contributed by atoms with Crippen molar-refractivity contribution in [1.29, 1.82) is 0 Å². The Labute approximate surface area is 275 Å².